The van der Waals surface area contributed by atoms with Crippen LogP contribution in [-0.4, -0.2) is 57.3 Å². The molecule has 0 aliphatic carbocycles. The average Bonchev–Trinajstić information content (AvgIpc) is 2.80. The summed E-state index contributed by atoms with van der Waals surface area (Å²) in [5.74, 6) is -0.0000752. The van der Waals surface area contributed by atoms with E-state index in [0.29, 0.717) is 13.1 Å². The summed E-state index contributed by atoms with van der Waals surface area (Å²) in [6, 6.07) is 0. The highest BCUT2D eigenvalue weighted by molar-refractivity contribution is 7.89. The summed E-state index contributed by atoms with van der Waals surface area (Å²) in [5.41, 5.74) is 0. The molecule has 1 saturated heterocycles. The highest BCUT2D eigenvalue weighted by Crippen LogP contribution is 2.13. The molecule has 1 fully saturated rings. The van der Waals surface area contributed by atoms with Crippen molar-refractivity contribution >= 4 is 15.9 Å². The third-order valence-electron chi connectivity index (χ3n) is 2.98. The van der Waals surface area contributed by atoms with Crippen molar-refractivity contribution in [2.75, 3.05) is 32.0 Å². The zero-order chi connectivity index (χ0) is 13.6. The predicted molar refractivity (Wildman–Crippen MR) is 68.7 cm³/mol. The quantitative estimate of drug-likeness (QED) is 0.708. The lowest BCUT2D eigenvalue weighted by Crippen LogP contribution is -2.41. The molecule has 1 N–H and O–H groups in total. The van der Waals surface area contributed by atoms with Gasteiger partial charge >= 0.3 is 0 Å². The second-order valence-electron chi connectivity index (χ2n) is 4.40. The van der Waals surface area contributed by atoms with Crippen LogP contribution in [0.5, 0.6) is 0 Å². The number of ether oxygens (including phenoxy) is 1. The van der Waals surface area contributed by atoms with Crippen LogP contribution in [0.2, 0.25) is 0 Å². The van der Waals surface area contributed by atoms with Gasteiger partial charge in [-0.15, -0.1) is 0 Å². The van der Waals surface area contributed by atoms with Crippen molar-refractivity contribution in [3.05, 3.63) is 0 Å². The Morgan fingerprint density at radius 2 is 2.22 bits per heavy atom. The van der Waals surface area contributed by atoms with Crippen molar-refractivity contribution in [1.82, 2.24) is 9.62 Å². The van der Waals surface area contributed by atoms with E-state index >= 15 is 0 Å². The fourth-order valence-corrected chi connectivity index (χ4v) is 2.46. The lowest BCUT2D eigenvalue weighted by atomic mass is 10.2. The monoisotopic (exact) mass is 278 g/mol. The minimum Gasteiger partial charge on any atom is -0.376 e. The largest absolute Gasteiger partial charge is 0.376 e. The number of rotatable bonds is 7. The smallest absolute Gasteiger partial charge is 0.219 e. The molecule has 1 amide bonds. The summed E-state index contributed by atoms with van der Waals surface area (Å²) in [6.45, 7) is 5.00. The van der Waals surface area contributed by atoms with Gasteiger partial charge in [-0.3, -0.25) is 4.79 Å². The van der Waals surface area contributed by atoms with Crippen LogP contribution in [0.3, 0.4) is 0 Å². The van der Waals surface area contributed by atoms with Crippen LogP contribution >= 0.6 is 0 Å². The summed E-state index contributed by atoms with van der Waals surface area (Å²) in [5, 5.41) is 0. The standard InChI is InChI=1S/C11H22N2O4S/c1-3-18(15,16)12-6-7-13(10(2)14)9-11-5-4-8-17-11/h11-12H,3-9H2,1-2H3. The summed E-state index contributed by atoms with van der Waals surface area (Å²) in [6.07, 6.45) is 2.08. The normalized spacial score (nSPS) is 20.0. The second-order valence-corrected chi connectivity index (χ2v) is 6.49. The number of hydrogen-bond donors (Lipinski definition) is 1. The third kappa shape index (κ3) is 5.32. The van der Waals surface area contributed by atoms with Crippen LogP contribution in [0, 0.1) is 0 Å². The van der Waals surface area contributed by atoms with E-state index in [0.717, 1.165) is 19.4 Å². The van der Waals surface area contributed by atoms with Gasteiger partial charge in [-0.2, -0.15) is 0 Å². The van der Waals surface area contributed by atoms with Crippen molar-refractivity contribution in [2.45, 2.75) is 32.8 Å². The zero-order valence-corrected chi connectivity index (χ0v) is 11.8. The van der Waals surface area contributed by atoms with E-state index < -0.39 is 10.0 Å². The number of carbonyl (C=O) groups excluding carboxylic acids is 1. The summed E-state index contributed by atoms with van der Waals surface area (Å²) in [4.78, 5) is 13.1. The van der Waals surface area contributed by atoms with E-state index in [9.17, 15) is 13.2 Å². The van der Waals surface area contributed by atoms with Crippen LogP contribution < -0.4 is 4.72 Å². The van der Waals surface area contributed by atoms with Gasteiger partial charge in [-0.1, -0.05) is 0 Å². The molecule has 1 rings (SSSR count). The topological polar surface area (TPSA) is 75.7 Å². The first-order valence-corrected chi connectivity index (χ1v) is 7.94. The highest BCUT2D eigenvalue weighted by atomic mass is 32.2. The molecule has 0 bridgehead atoms. The van der Waals surface area contributed by atoms with Crippen LogP contribution in [0.4, 0.5) is 0 Å². The first-order chi connectivity index (χ1) is 8.44. The van der Waals surface area contributed by atoms with Gasteiger partial charge < -0.3 is 9.64 Å². The number of carbonyl (C=O) groups is 1. The molecule has 106 valence electrons. The van der Waals surface area contributed by atoms with Gasteiger partial charge in [-0.05, 0) is 19.8 Å². The molecule has 18 heavy (non-hydrogen) atoms. The zero-order valence-electron chi connectivity index (χ0n) is 11.0. The molecule has 1 aliphatic rings. The summed E-state index contributed by atoms with van der Waals surface area (Å²) < 4.78 is 30.4. The summed E-state index contributed by atoms with van der Waals surface area (Å²) in [7, 11) is -3.19. The maximum absolute atomic E-state index is 11.4. The van der Waals surface area contributed by atoms with E-state index in [1.54, 1.807) is 11.8 Å². The molecule has 7 heteroatoms. The number of nitrogens with one attached hydrogen (secondary N) is 1. The SMILES string of the molecule is CCS(=O)(=O)NCCN(CC1CCCO1)C(C)=O. The Labute approximate surface area is 109 Å². The molecule has 1 aliphatic heterocycles. The number of nitrogens with zero attached hydrogens (tertiary/aromatic N) is 1. The maximum atomic E-state index is 11.4. The molecular formula is C11H22N2O4S. The number of hydrogen-bond acceptors (Lipinski definition) is 4. The molecule has 0 spiro atoms. The number of amides is 1. The van der Waals surface area contributed by atoms with Gasteiger partial charge in [-0.25, -0.2) is 13.1 Å². The third-order valence-corrected chi connectivity index (χ3v) is 4.38. The molecule has 0 aromatic rings. The Hall–Kier alpha value is -0.660. The Balaban J connectivity index is 2.36. The lowest BCUT2D eigenvalue weighted by Gasteiger charge is -2.24. The van der Waals surface area contributed by atoms with Crippen LogP contribution in [0.25, 0.3) is 0 Å². The molecule has 0 aromatic heterocycles. The van der Waals surface area contributed by atoms with Crippen molar-refractivity contribution in [3.63, 3.8) is 0 Å². The van der Waals surface area contributed by atoms with E-state index in [4.69, 9.17) is 4.74 Å². The molecule has 1 atom stereocenters. The minimum absolute atomic E-state index is 0.0544. The molecule has 1 unspecified atom stereocenters. The van der Waals surface area contributed by atoms with Gasteiger partial charge in [0.25, 0.3) is 0 Å². The van der Waals surface area contributed by atoms with Gasteiger partial charge in [0, 0.05) is 33.2 Å². The molecular weight excluding hydrogens is 256 g/mol. The molecule has 0 aromatic carbocycles. The first kappa shape index (κ1) is 15.4. The van der Waals surface area contributed by atoms with E-state index in [1.807, 2.05) is 0 Å². The highest BCUT2D eigenvalue weighted by Gasteiger charge is 2.20. The maximum Gasteiger partial charge on any atom is 0.219 e. The average molecular weight is 278 g/mol. The lowest BCUT2D eigenvalue weighted by molar-refractivity contribution is -0.130. The van der Waals surface area contributed by atoms with Gasteiger partial charge in [0.1, 0.15) is 0 Å². The Bertz CT molecular complexity index is 363. The second kappa shape index (κ2) is 7.06. The molecule has 6 nitrogen and oxygen atoms in total. The fourth-order valence-electron chi connectivity index (χ4n) is 1.85. The van der Waals surface area contributed by atoms with Crippen LogP contribution in [0.15, 0.2) is 0 Å². The van der Waals surface area contributed by atoms with Crippen LogP contribution in [-0.2, 0) is 19.6 Å². The fraction of sp³-hybridized carbons (Fsp3) is 0.909. The molecule has 0 saturated carbocycles. The Morgan fingerprint density at radius 3 is 2.72 bits per heavy atom. The minimum atomic E-state index is -3.19. The number of sulfonamides is 1. The van der Waals surface area contributed by atoms with Gasteiger partial charge in [0.2, 0.25) is 15.9 Å². The molecule has 1 heterocycles. The predicted octanol–water partition coefficient (Wildman–Crippen LogP) is -0.0468. The van der Waals surface area contributed by atoms with Crippen LogP contribution in [0.1, 0.15) is 26.7 Å². The van der Waals surface area contributed by atoms with Crippen molar-refractivity contribution in [2.24, 2.45) is 0 Å². The van der Waals surface area contributed by atoms with Crippen molar-refractivity contribution < 1.29 is 17.9 Å². The van der Waals surface area contributed by atoms with Gasteiger partial charge in [0.05, 0.1) is 11.9 Å². The Morgan fingerprint density at radius 1 is 1.50 bits per heavy atom. The first-order valence-electron chi connectivity index (χ1n) is 6.29. The van der Waals surface area contributed by atoms with Crippen molar-refractivity contribution in [1.29, 1.82) is 0 Å². The van der Waals surface area contributed by atoms with E-state index in [-0.39, 0.29) is 24.3 Å². The van der Waals surface area contributed by atoms with Gasteiger partial charge in [0.15, 0.2) is 0 Å². The summed E-state index contributed by atoms with van der Waals surface area (Å²) >= 11 is 0. The van der Waals surface area contributed by atoms with E-state index in [1.165, 1.54) is 6.92 Å². The Kier molecular flexibility index (Phi) is 6.04. The van der Waals surface area contributed by atoms with Crippen molar-refractivity contribution in [3.8, 4) is 0 Å². The molecule has 0 radical (unpaired) electrons. The van der Waals surface area contributed by atoms with E-state index in [2.05, 4.69) is 4.72 Å².